The van der Waals surface area contributed by atoms with E-state index in [4.69, 9.17) is 0 Å². The van der Waals surface area contributed by atoms with Crippen LogP contribution < -0.4 is 5.32 Å². The lowest BCUT2D eigenvalue weighted by Crippen LogP contribution is -2.37. The van der Waals surface area contributed by atoms with Gasteiger partial charge in [0.05, 0.1) is 5.75 Å². The van der Waals surface area contributed by atoms with Crippen LogP contribution in [0.4, 0.5) is 0 Å². The molecule has 1 aromatic rings. The van der Waals surface area contributed by atoms with Crippen LogP contribution in [-0.4, -0.2) is 32.5 Å². The summed E-state index contributed by atoms with van der Waals surface area (Å²) in [5.74, 6) is 1.43. The van der Waals surface area contributed by atoms with E-state index in [-0.39, 0.29) is 5.91 Å². The highest BCUT2D eigenvalue weighted by Gasteiger charge is 2.17. The predicted octanol–water partition coefficient (Wildman–Crippen LogP) is 2.57. The number of carbonyl (C=O) groups excluding carboxylic acids is 1. The first-order chi connectivity index (χ1) is 10.2. The fourth-order valence-corrected chi connectivity index (χ4v) is 3.42. The lowest BCUT2D eigenvalue weighted by molar-refractivity contribution is -0.119. The molecule has 1 aliphatic rings. The van der Waals surface area contributed by atoms with Gasteiger partial charge in [0.2, 0.25) is 5.91 Å². The van der Waals surface area contributed by atoms with Crippen molar-refractivity contribution < 1.29 is 4.79 Å². The monoisotopic (exact) mass is 308 g/mol. The highest BCUT2D eigenvalue weighted by atomic mass is 32.2. The Labute approximate surface area is 130 Å². The Morgan fingerprint density at radius 3 is 2.86 bits per heavy atom. The van der Waals surface area contributed by atoms with E-state index in [1.54, 1.807) is 0 Å². The number of rotatable bonds is 7. The molecule has 116 valence electrons. The third-order valence-electron chi connectivity index (χ3n) is 3.72. The van der Waals surface area contributed by atoms with Gasteiger partial charge in [-0.15, -0.1) is 16.8 Å². The standard InChI is InChI=1S/C15H24N4OS/c1-3-10-19-13(4-2)17-18-15(19)21-11-14(20)16-12-8-6-5-7-9-12/h3,12H,1,4-11H2,2H3,(H,16,20). The van der Waals surface area contributed by atoms with Gasteiger partial charge in [0.15, 0.2) is 5.16 Å². The summed E-state index contributed by atoms with van der Waals surface area (Å²) in [4.78, 5) is 12.0. The van der Waals surface area contributed by atoms with Crippen LogP contribution in [0, 0.1) is 0 Å². The van der Waals surface area contributed by atoms with Crippen molar-refractivity contribution in [3.05, 3.63) is 18.5 Å². The molecule has 0 bridgehead atoms. The number of allylic oxidation sites excluding steroid dienone is 1. The minimum atomic E-state index is 0.0955. The second kappa shape index (κ2) is 8.22. The molecule has 0 atom stereocenters. The van der Waals surface area contributed by atoms with Gasteiger partial charge in [0.25, 0.3) is 0 Å². The van der Waals surface area contributed by atoms with Crippen LogP contribution in [0.25, 0.3) is 0 Å². The van der Waals surface area contributed by atoms with E-state index in [1.165, 1.54) is 31.0 Å². The summed E-state index contributed by atoms with van der Waals surface area (Å²) >= 11 is 1.45. The first-order valence-corrected chi connectivity index (χ1v) is 8.68. The lowest BCUT2D eigenvalue weighted by atomic mass is 9.95. The third kappa shape index (κ3) is 4.59. The van der Waals surface area contributed by atoms with Crippen LogP contribution in [0.15, 0.2) is 17.8 Å². The molecule has 6 heteroatoms. The maximum atomic E-state index is 12.0. The van der Waals surface area contributed by atoms with Gasteiger partial charge in [-0.25, -0.2) is 0 Å². The molecule has 1 saturated carbocycles. The molecule has 1 aliphatic carbocycles. The Bertz CT molecular complexity index is 480. The van der Waals surface area contributed by atoms with Crippen LogP contribution in [0.5, 0.6) is 0 Å². The quantitative estimate of drug-likeness (QED) is 0.621. The molecule has 0 radical (unpaired) electrons. The predicted molar refractivity (Wildman–Crippen MR) is 85.3 cm³/mol. The minimum absolute atomic E-state index is 0.0955. The molecule has 21 heavy (non-hydrogen) atoms. The zero-order valence-electron chi connectivity index (χ0n) is 12.7. The second-order valence-electron chi connectivity index (χ2n) is 5.34. The van der Waals surface area contributed by atoms with Gasteiger partial charge in [0, 0.05) is 19.0 Å². The van der Waals surface area contributed by atoms with E-state index in [1.807, 2.05) is 17.6 Å². The van der Waals surface area contributed by atoms with Crippen molar-refractivity contribution in [3.63, 3.8) is 0 Å². The molecule has 1 N–H and O–H groups in total. The zero-order valence-corrected chi connectivity index (χ0v) is 13.5. The number of nitrogens with zero attached hydrogens (tertiary/aromatic N) is 3. The largest absolute Gasteiger partial charge is 0.353 e. The Morgan fingerprint density at radius 2 is 2.19 bits per heavy atom. The molecule has 0 aromatic carbocycles. The van der Waals surface area contributed by atoms with Crippen molar-refractivity contribution in [1.82, 2.24) is 20.1 Å². The number of aryl methyl sites for hydroxylation is 1. The SMILES string of the molecule is C=CCn1c(CC)nnc1SCC(=O)NC1CCCCC1. The number of aromatic nitrogens is 3. The van der Waals surface area contributed by atoms with Gasteiger partial charge in [0.1, 0.15) is 5.82 Å². The molecule has 0 aliphatic heterocycles. The molecular formula is C15H24N4OS. The van der Waals surface area contributed by atoms with Crippen molar-refractivity contribution in [2.24, 2.45) is 0 Å². The van der Waals surface area contributed by atoms with Crippen LogP contribution >= 0.6 is 11.8 Å². The average Bonchev–Trinajstić information content (AvgIpc) is 2.89. The summed E-state index contributed by atoms with van der Waals surface area (Å²) in [5, 5.41) is 12.3. The highest BCUT2D eigenvalue weighted by molar-refractivity contribution is 7.99. The van der Waals surface area contributed by atoms with E-state index < -0.39 is 0 Å². The zero-order chi connectivity index (χ0) is 15.1. The molecule has 0 spiro atoms. The van der Waals surface area contributed by atoms with Gasteiger partial charge >= 0.3 is 0 Å². The van der Waals surface area contributed by atoms with Crippen molar-refractivity contribution in [2.45, 2.75) is 63.2 Å². The maximum Gasteiger partial charge on any atom is 0.230 e. The van der Waals surface area contributed by atoms with E-state index in [0.717, 1.165) is 30.2 Å². The third-order valence-corrected chi connectivity index (χ3v) is 4.69. The maximum absolute atomic E-state index is 12.0. The number of nitrogens with one attached hydrogen (secondary N) is 1. The van der Waals surface area contributed by atoms with Crippen LogP contribution in [0.2, 0.25) is 0 Å². The van der Waals surface area contributed by atoms with Crippen molar-refractivity contribution >= 4 is 17.7 Å². The van der Waals surface area contributed by atoms with Gasteiger partial charge in [-0.3, -0.25) is 4.79 Å². The summed E-state index contributed by atoms with van der Waals surface area (Å²) in [6.45, 7) is 6.49. The Balaban J connectivity index is 1.85. The second-order valence-corrected chi connectivity index (χ2v) is 6.29. The van der Waals surface area contributed by atoms with E-state index >= 15 is 0 Å². The molecular weight excluding hydrogens is 284 g/mol. The molecule has 1 fully saturated rings. The number of hydrogen-bond donors (Lipinski definition) is 1. The first kappa shape index (κ1) is 16.1. The molecule has 2 rings (SSSR count). The fraction of sp³-hybridized carbons (Fsp3) is 0.667. The molecule has 0 unspecified atom stereocenters. The smallest absolute Gasteiger partial charge is 0.230 e. The number of carbonyl (C=O) groups is 1. The number of amides is 1. The van der Waals surface area contributed by atoms with Crippen molar-refractivity contribution in [1.29, 1.82) is 0 Å². The Hall–Kier alpha value is -1.30. The topological polar surface area (TPSA) is 59.8 Å². The highest BCUT2D eigenvalue weighted by Crippen LogP contribution is 2.19. The van der Waals surface area contributed by atoms with Gasteiger partial charge in [-0.1, -0.05) is 44.0 Å². The average molecular weight is 308 g/mol. The van der Waals surface area contributed by atoms with Crippen LogP contribution in [0.3, 0.4) is 0 Å². The van der Waals surface area contributed by atoms with Crippen molar-refractivity contribution in [3.8, 4) is 0 Å². The molecule has 1 aromatic heterocycles. The summed E-state index contributed by atoms with van der Waals surface area (Å²) in [6.07, 6.45) is 8.64. The summed E-state index contributed by atoms with van der Waals surface area (Å²) in [7, 11) is 0. The van der Waals surface area contributed by atoms with Gasteiger partial charge in [-0.2, -0.15) is 0 Å². The van der Waals surface area contributed by atoms with Gasteiger partial charge < -0.3 is 9.88 Å². The van der Waals surface area contributed by atoms with Crippen molar-refractivity contribution in [2.75, 3.05) is 5.75 Å². The van der Waals surface area contributed by atoms with Crippen LogP contribution in [-0.2, 0) is 17.8 Å². The fourth-order valence-electron chi connectivity index (χ4n) is 2.65. The molecule has 5 nitrogen and oxygen atoms in total. The van der Waals surface area contributed by atoms with E-state index in [9.17, 15) is 4.79 Å². The summed E-state index contributed by atoms with van der Waals surface area (Å²) in [5.41, 5.74) is 0. The van der Waals surface area contributed by atoms with E-state index in [2.05, 4.69) is 22.1 Å². The van der Waals surface area contributed by atoms with Gasteiger partial charge in [-0.05, 0) is 12.8 Å². The number of thioether (sulfide) groups is 1. The Morgan fingerprint density at radius 1 is 1.43 bits per heavy atom. The Kier molecular flexibility index (Phi) is 6.29. The molecule has 1 amide bonds. The molecule has 1 heterocycles. The summed E-state index contributed by atoms with van der Waals surface area (Å²) < 4.78 is 2.02. The summed E-state index contributed by atoms with van der Waals surface area (Å²) in [6, 6.07) is 0.365. The minimum Gasteiger partial charge on any atom is -0.353 e. The lowest BCUT2D eigenvalue weighted by Gasteiger charge is -2.22. The first-order valence-electron chi connectivity index (χ1n) is 7.69. The molecule has 0 saturated heterocycles. The van der Waals surface area contributed by atoms with E-state index in [0.29, 0.717) is 18.3 Å². The number of hydrogen-bond acceptors (Lipinski definition) is 4. The van der Waals surface area contributed by atoms with Crippen LogP contribution in [0.1, 0.15) is 44.9 Å². The normalized spacial score (nSPS) is 15.9.